The molecule has 1 aliphatic rings. The van der Waals surface area contributed by atoms with Gasteiger partial charge in [0.2, 0.25) is 5.91 Å². The fourth-order valence-corrected chi connectivity index (χ4v) is 4.29. The van der Waals surface area contributed by atoms with Gasteiger partial charge in [-0.15, -0.1) is 0 Å². The number of nitrogens with one attached hydrogen (secondary N) is 2. The van der Waals surface area contributed by atoms with E-state index in [2.05, 4.69) is 10.3 Å². The number of carbonyl (C=O) groups excluding carboxylic acids is 1. The van der Waals surface area contributed by atoms with Gasteiger partial charge in [-0.05, 0) is 79.6 Å². The maximum absolute atomic E-state index is 13.2. The van der Waals surface area contributed by atoms with Crippen LogP contribution in [-0.4, -0.2) is 49.0 Å². The van der Waals surface area contributed by atoms with Gasteiger partial charge in [0.1, 0.15) is 11.7 Å². The summed E-state index contributed by atoms with van der Waals surface area (Å²) in [5.41, 5.74) is 7.86. The number of amidine groups is 1. The van der Waals surface area contributed by atoms with Gasteiger partial charge in [0, 0.05) is 32.3 Å². The van der Waals surface area contributed by atoms with E-state index in [1.54, 1.807) is 24.4 Å². The topological polar surface area (TPSA) is 94.6 Å². The number of hydrogen-bond acceptors (Lipinski definition) is 4. The molecule has 0 saturated heterocycles. The Hall–Kier alpha value is -2.80. The second-order valence-corrected chi connectivity index (χ2v) is 9.56. The number of amides is 1. The molecule has 4 N–H and O–H groups in total. The number of carbonyl (C=O) groups is 1. The summed E-state index contributed by atoms with van der Waals surface area (Å²) in [6.07, 6.45) is 12.8. The number of hydrogen-bond donors (Lipinski definition) is 3. The Morgan fingerprint density at radius 2 is 1.91 bits per heavy atom. The Kier molecular flexibility index (Phi) is 12.4. The second-order valence-electron chi connectivity index (χ2n) is 9.56. The molecule has 0 atom stereocenters. The Bertz CT molecular complexity index is 898. The van der Waals surface area contributed by atoms with E-state index in [4.69, 9.17) is 11.1 Å². The SMILES string of the molecule is CNCCN(CC/C=C/N=C(N)/C(=C\C(=N)c1ccc(F)cc1)C(C)C)C(=O)CC1CCCCC1. The normalized spacial score (nSPS) is 15.7. The zero-order valence-electron chi connectivity index (χ0n) is 21.5. The lowest BCUT2D eigenvalue weighted by atomic mass is 9.86. The summed E-state index contributed by atoms with van der Waals surface area (Å²) >= 11 is 0. The zero-order valence-corrected chi connectivity index (χ0v) is 21.5. The molecule has 1 fully saturated rings. The first-order valence-electron chi connectivity index (χ1n) is 12.8. The molecule has 192 valence electrons. The molecule has 1 amide bonds. The van der Waals surface area contributed by atoms with Gasteiger partial charge in [-0.2, -0.15) is 0 Å². The fourth-order valence-electron chi connectivity index (χ4n) is 4.29. The van der Waals surface area contributed by atoms with Crippen molar-refractivity contribution in [3.8, 4) is 0 Å². The molecule has 7 heteroatoms. The minimum atomic E-state index is -0.332. The molecule has 1 aromatic rings. The third-order valence-electron chi connectivity index (χ3n) is 6.43. The fraction of sp³-hybridized carbons (Fsp3) is 0.536. The lowest BCUT2D eigenvalue weighted by molar-refractivity contribution is -0.132. The maximum Gasteiger partial charge on any atom is 0.222 e. The van der Waals surface area contributed by atoms with Crippen molar-refractivity contribution >= 4 is 17.5 Å². The molecule has 0 bridgehead atoms. The summed E-state index contributed by atoms with van der Waals surface area (Å²) < 4.78 is 13.2. The highest BCUT2D eigenvalue weighted by atomic mass is 19.1. The number of benzene rings is 1. The molecule has 1 saturated carbocycles. The van der Waals surface area contributed by atoms with Crippen LogP contribution in [0, 0.1) is 23.1 Å². The Balaban J connectivity index is 1.96. The number of rotatable bonds is 13. The summed E-state index contributed by atoms with van der Waals surface area (Å²) in [4.78, 5) is 19.2. The Morgan fingerprint density at radius 1 is 1.23 bits per heavy atom. The van der Waals surface area contributed by atoms with Crippen LogP contribution in [0.25, 0.3) is 0 Å². The standard InChI is InChI=1S/C28H42FN5O/c1-21(2)25(20-26(30)23-11-13-24(29)14-12-23)28(31)33-15-7-8-17-34(18-16-32-3)27(35)19-22-9-5-4-6-10-22/h7,11-15,20-22,30,32H,4-6,8-10,16-19H2,1-3H3,(H2,31,33)/b15-7+,25-20-,30-26?. The summed E-state index contributed by atoms with van der Waals surface area (Å²) in [5.74, 6) is 0.864. The van der Waals surface area contributed by atoms with E-state index in [9.17, 15) is 9.18 Å². The zero-order chi connectivity index (χ0) is 25.6. The van der Waals surface area contributed by atoms with Crippen LogP contribution in [0.2, 0.25) is 0 Å². The average molecular weight is 484 g/mol. The highest BCUT2D eigenvalue weighted by molar-refractivity contribution is 6.12. The number of halogens is 1. The minimum Gasteiger partial charge on any atom is -0.383 e. The molecule has 0 aromatic heterocycles. The summed E-state index contributed by atoms with van der Waals surface area (Å²) in [6, 6.07) is 5.84. The monoisotopic (exact) mass is 483 g/mol. The van der Waals surface area contributed by atoms with Crippen LogP contribution in [0.3, 0.4) is 0 Å². The van der Waals surface area contributed by atoms with E-state index in [-0.39, 0.29) is 23.4 Å². The molecule has 2 rings (SSSR count). The highest BCUT2D eigenvalue weighted by Gasteiger charge is 2.20. The van der Waals surface area contributed by atoms with Gasteiger partial charge in [0.15, 0.2) is 0 Å². The van der Waals surface area contributed by atoms with Crippen LogP contribution in [0.5, 0.6) is 0 Å². The van der Waals surface area contributed by atoms with Crippen molar-refractivity contribution < 1.29 is 9.18 Å². The number of nitrogens with zero attached hydrogens (tertiary/aromatic N) is 2. The lowest BCUT2D eigenvalue weighted by Crippen LogP contribution is -2.37. The van der Waals surface area contributed by atoms with Crippen molar-refractivity contribution in [2.75, 3.05) is 26.7 Å². The van der Waals surface area contributed by atoms with Gasteiger partial charge in [-0.3, -0.25) is 4.79 Å². The van der Waals surface area contributed by atoms with Gasteiger partial charge in [0.25, 0.3) is 0 Å². The van der Waals surface area contributed by atoms with E-state index in [1.165, 1.54) is 44.2 Å². The van der Waals surface area contributed by atoms with Crippen LogP contribution in [0.4, 0.5) is 4.39 Å². The van der Waals surface area contributed by atoms with Crippen molar-refractivity contribution in [1.82, 2.24) is 10.2 Å². The van der Waals surface area contributed by atoms with Gasteiger partial charge < -0.3 is 21.4 Å². The molecule has 6 nitrogen and oxygen atoms in total. The van der Waals surface area contributed by atoms with E-state index >= 15 is 0 Å². The average Bonchev–Trinajstić information content (AvgIpc) is 2.84. The van der Waals surface area contributed by atoms with E-state index in [0.717, 1.165) is 12.1 Å². The summed E-state index contributed by atoms with van der Waals surface area (Å²) in [5, 5.41) is 11.5. The van der Waals surface area contributed by atoms with Crippen LogP contribution < -0.4 is 11.1 Å². The van der Waals surface area contributed by atoms with Crippen LogP contribution in [0.15, 0.2) is 53.2 Å². The predicted octanol–water partition coefficient (Wildman–Crippen LogP) is 5.06. The quantitative estimate of drug-likeness (QED) is 0.270. The molecular formula is C28H42FN5O. The third-order valence-corrected chi connectivity index (χ3v) is 6.43. The van der Waals surface area contributed by atoms with E-state index in [0.29, 0.717) is 43.2 Å². The first kappa shape index (κ1) is 28.4. The van der Waals surface area contributed by atoms with Crippen LogP contribution in [0.1, 0.15) is 64.4 Å². The largest absolute Gasteiger partial charge is 0.383 e. The Morgan fingerprint density at radius 3 is 2.54 bits per heavy atom. The van der Waals surface area contributed by atoms with Crippen molar-refractivity contribution in [3.05, 3.63) is 59.6 Å². The first-order valence-corrected chi connectivity index (χ1v) is 12.8. The van der Waals surface area contributed by atoms with Gasteiger partial charge in [-0.1, -0.05) is 39.2 Å². The minimum absolute atomic E-state index is 0.0717. The van der Waals surface area contributed by atoms with Gasteiger partial charge in [-0.25, -0.2) is 9.38 Å². The van der Waals surface area contributed by atoms with Crippen LogP contribution in [-0.2, 0) is 4.79 Å². The summed E-state index contributed by atoms with van der Waals surface area (Å²) in [6.45, 7) is 6.11. The van der Waals surface area contributed by atoms with E-state index in [1.807, 2.05) is 31.9 Å². The predicted molar refractivity (Wildman–Crippen MR) is 143 cm³/mol. The van der Waals surface area contributed by atoms with Crippen molar-refractivity contribution in [2.45, 2.75) is 58.8 Å². The number of nitrogens with two attached hydrogens (primary N) is 1. The molecule has 1 aromatic carbocycles. The van der Waals surface area contributed by atoms with Crippen LogP contribution >= 0.6 is 0 Å². The van der Waals surface area contributed by atoms with Crippen molar-refractivity contribution in [3.63, 3.8) is 0 Å². The highest BCUT2D eigenvalue weighted by Crippen LogP contribution is 2.26. The number of allylic oxidation sites excluding steroid dienone is 1. The molecule has 0 unspecified atom stereocenters. The van der Waals surface area contributed by atoms with E-state index < -0.39 is 0 Å². The summed E-state index contributed by atoms with van der Waals surface area (Å²) in [7, 11) is 1.90. The maximum atomic E-state index is 13.2. The molecule has 0 spiro atoms. The number of likely N-dealkylation sites (N-methyl/N-ethyl adjacent to an activating group) is 1. The molecule has 0 aliphatic heterocycles. The Labute approximate surface area is 210 Å². The molecular weight excluding hydrogens is 441 g/mol. The third kappa shape index (κ3) is 10.1. The van der Waals surface area contributed by atoms with Crippen molar-refractivity contribution in [1.29, 1.82) is 5.41 Å². The number of aliphatic imine (C=N–C) groups is 1. The molecule has 35 heavy (non-hydrogen) atoms. The second kappa shape index (κ2) is 15.2. The lowest BCUT2D eigenvalue weighted by Gasteiger charge is -2.26. The van der Waals surface area contributed by atoms with Gasteiger partial charge in [0.05, 0.1) is 5.71 Å². The molecule has 0 heterocycles. The van der Waals surface area contributed by atoms with Gasteiger partial charge >= 0.3 is 0 Å². The first-order chi connectivity index (χ1) is 16.8. The van der Waals surface area contributed by atoms with Crippen molar-refractivity contribution in [2.24, 2.45) is 22.6 Å². The smallest absolute Gasteiger partial charge is 0.222 e. The molecule has 0 radical (unpaired) electrons. The molecule has 1 aliphatic carbocycles.